The Kier molecular flexibility index (Phi) is 4.39. The molecule has 1 aliphatic heterocycles. The molecule has 0 spiro atoms. The molecule has 1 N–H and O–H groups in total. The molecular formula is C15H18N4. The third kappa shape index (κ3) is 3.47. The van der Waals surface area contributed by atoms with Crippen molar-refractivity contribution in [3.05, 3.63) is 29.8 Å². The van der Waals surface area contributed by atoms with Crippen molar-refractivity contribution in [1.29, 1.82) is 10.5 Å². The molecule has 2 rings (SSSR count). The summed E-state index contributed by atoms with van der Waals surface area (Å²) in [6, 6.07) is 12.3. The van der Waals surface area contributed by atoms with Crippen molar-refractivity contribution < 1.29 is 0 Å². The van der Waals surface area contributed by atoms with Gasteiger partial charge in [-0.3, -0.25) is 0 Å². The standard InChI is InChI=1S/C15H18N4/c1-12-9-18-14(5-6-16)11-19(10-12)15-4-2-3-13(7-15)8-17/h2-4,7,12,14,18H,5,9-11H2,1H3. The van der Waals surface area contributed by atoms with Crippen LogP contribution in [-0.2, 0) is 0 Å². The van der Waals surface area contributed by atoms with Crippen LogP contribution in [0.4, 0.5) is 5.69 Å². The Hall–Kier alpha value is -2.04. The van der Waals surface area contributed by atoms with Crippen LogP contribution in [0.15, 0.2) is 24.3 Å². The van der Waals surface area contributed by atoms with Crippen molar-refractivity contribution in [2.75, 3.05) is 24.5 Å². The van der Waals surface area contributed by atoms with E-state index in [0.717, 1.165) is 25.3 Å². The molecule has 0 saturated carbocycles. The number of rotatable bonds is 2. The minimum Gasteiger partial charge on any atom is -0.370 e. The van der Waals surface area contributed by atoms with Gasteiger partial charge in [0.15, 0.2) is 0 Å². The van der Waals surface area contributed by atoms with E-state index < -0.39 is 0 Å². The summed E-state index contributed by atoms with van der Waals surface area (Å²) in [6.07, 6.45) is 0.515. The molecule has 0 aromatic heterocycles. The largest absolute Gasteiger partial charge is 0.370 e. The Bertz CT molecular complexity index is 512. The Morgan fingerprint density at radius 3 is 2.95 bits per heavy atom. The fourth-order valence-corrected chi connectivity index (χ4v) is 2.44. The molecule has 0 aliphatic carbocycles. The van der Waals surface area contributed by atoms with Gasteiger partial charge in [0.25, 0.3) is 0 Å². The molecule has 4 heteroatoms. The second-order valence-electron chi connectivity index (χ2n) is 5.14. The van der Waals surface area contributed by atoms with Crippen LogP contribution in [0.3, 0.4) is 0 Å². The lowest BCUT2D eigenvalue weighted by atomic mass is 10.1. The first kappa shape index (κ1) is 13.4. The molecule has 1 aromatic carbocycles. The van der Waals surface area contributed by atoms with E-state index in [-0.39, 0.29) is 6.04 Å². The Morgan fingerprint density at radius 1 is 1.37 bits per heavy atom. The zero-order chi connectivity index (χ0) is 13.7. The normalized spacial score (nSPS) is 23.2. The first-order valence-corrected chi connectivity index (χ1v) is 6.58. The summed E-state index contributed by atoms with van der Waals surface area (Å²) in [5.74, 6) is 0.523. The van der Waals surface area contributed by atoms with Gasteiger partial charge in [0.05, 0.1) is 24.1 Å². The number of nitrogens with one attached hydrogen (secondary N) is 1. The highest BCUT2D eigenvalue weighted by Gasteiger charge is 2.21. The van der Waals surface area contributed by atoms with E-state index in [1.54, 1.807) is 0 Å². The van der Waals surface area contributed by atoms with Gasteiger partial charge in [0.1, 0.15) is 0 Å². The minimum absolute atomic E-state index is 0.195. The summed E-state index contributed by atoms with van der Waals surface area (Å²) in [7, 11) is 0. The molecule has 1 aromatic rings. The van der Waals surface area contributed by atoms with Gasteiger partial charge in [-0.25, -0.2) is 0 Å². The highest BCUT2D eigenvalue weighted by atomic mass is 15.2. The number of hydrogen-bond acceptors (Lipinski definition) is 4. The van der Waals surface area contributed by atoms with Crippen molar-refractivity contribution in [2.45, 2.75) is 19.4 Å². The van der Waals surface area contributed by atoms with Gasteiger partial charge < -0.3 is 10.2 Å². The van der Waals surface area contributed by atoms with Crippen LogP contribution < -0.4 is 10.2 Å². The molecule has 2 unspecified atom stereocenters. The average molecular weight is 254 g/mol. The number of nitrogens with zero attached hydrogens (tertiary/aromatic N) is 3. The lowest BCUT2D eigenvalue weighted by molar-refractivity contribution is 0.509. The van der Waals surface area contributed by atoms with E-state index in [1.807, 2.05) is 24.3 Å². The molecule has 0 radical (unpaired) electrons. The molecule has 1 saturated heterocycles. The summed E-state index contributed by atoms with van der Waals surface area (Å²) in [6.45, 7) is 4.89. The lowest BCUT2D eigenvalue weighted by Crippen LogP contribution is -2.37. The fourth-order valence-electron chi connectivity index (χ4n) is 2.44. The van der Waals surface area contributed by atoms with Crippen LogP contribution >= 0.6 is 0 Å². The first-order valence-electron chi connectivity index (χ1n) is 6.58. The average Bonchev–Trinajstić information content (AvgIpc) is 2.62. The van der Waals surface area contributed by atoms with E-state index in [0.29, 0.717) is 17.9 Å². The van der Waals surface area contributed by atoms with E-state index in [9.17, 15) is 0 Å². The molecule has 98 valence electrons. The predicted molar refractivity (Wildman–Crippen MR) is 74.6 cm³/mol. The van der Waals surface area contributed by atoms with Gasteiger partial charge >= 0.3 is 0 Å². The Labute approximate surface area is 114 Å². The van der Waals surface area contributed by atoms with Gasteiger partial charge in [-0.05, 0) is 30.7 Å². The summed E-state index contributed by atoms with van der Waals surface area (Å²) in [4.78, 5) is 2.27. The zero-order valence-corrected chi connectivity index (χ0v) is 11.1. The molecule has 0 bridgehead atoms. The van der Waals surface area contributed by atoms with Crippen molar-refractivity contribution in [2.24, 2.45) is 5.92 Å². The SMILES string of the molecule is CC1CNC(CC#N)CN(c2cccc(C#N)c2)C1. The topological polar surface area (TPSA) is 62.9 Å². The zero-order valence-electron chi connectivity index (χ0n) is 11.1. The number of benzene rings is 1. The van der Waals surface area contributed by atoms with Crippen LogP contribution in [0.2, 0.25) is 0 Å². The maximum Gasteiger partial charge on any atom is 0.0992 e. The van der Waals surface area contributed by atoms with Crippen LogP contribution in [-0.4, -0.2) is 25.7 Å². The fraction of sp³-hybridized carbons (Fsp3) is 0.467. The molecule has 1 aliphatic rings. The second-order valence-corrected chi connectivity index (χ2v) is 5.14. The maximum absolute atomic E-state index is 8.98. The third-order valence-corrected chi connectivity index (χ3v) is 3.41. The smallest absolute Gasteiger partial charge is 0.0992 e. The number of anilines is 1. The van der Waals surface area contributed by atoms with E-state index in [4.69, 9.17) is 10.5 Å². The lowest BCUT2D eigenvalue weighted by Gasteiger charge is -2.26. The van der Waals surface area contributed by atoms with Crippen molar-refractivity contribution >= 4 is 5.69 Å². The summed E-state index contributed by atoms with van der Waals surface area (Å²) < 4.78 is 0. The van der Waals surface area contributed by atoms with Gasteiger partial charge in [-0.15, -0.1) is 0 Å². The molecule has 1 fully saturated rings. The molecule has 19 heavy (non-hydrogen) atoms. The first-order chi connectivity index (χ1) is 9.22. The van der Waals surface area contributed by atoms with Gasteiger partial charge in [0, 0.05) is 24.8 Å². The molecular weight excluding hydrogens is 236 g/mol. The highest BCUT2D eigenvalue weighted by Crippen LogP contribution is 2.20. The van der Waals surface area contributed by atoms with Crippen molar-refractivity contribution in [3.8, 4) is 12.1 Å². The Balaban J connectivity index is 2.20. The molecule has 1 heterocycles. The van der Waals surface area contributed by atoms with E-state index in [1.165, 1.54) is 0 Å². The number of hydrogen-bond donors (Lipinski definition) is 1. The monoisotopic (exact) mass is 254 g/mol. The predicted octanol–water partition coefficient (Wildman–Crippen LogP) is 1.89. The third-order valence-electron chi connectivity index (χ3n) is 3.41. The summed E-state index contributed by atoms with van der Waals surface area (Å²) in [5.41, 5.74) is 1.75. The summed E-state index contributed by atoms with van der Waals surface area (Å²) >= 11 is 0. The maximum atomic E-state index is 8.98. The van der Waals surface area contributed by atoms with Gasteiger partial charge in [-0.2, -0.15) is 10.5 Å². The molecule has 2 atom stereocenters. The quantitative estimate of drug-likeness (QED) is 0.875. The van der Waals surface area contributed by atoms with Gasteiger partial charge in [0.2, 0.25) is 0 Å². The Morgan fingerprint density at radius 2 is 2.21 bits per heavy atom. The van der Waals surface area contributed by atoms with Crippen LogP contribution in [0, 0.1) is 28.6 Å². The van der Waals surface area contributed by atoms with Crippen LogP contribution in [0.1, 0.15) is 18.9 Å². The number of nitriles is 2. The minimum atomic E-state index is 0.195. The van der Waals surface area contributed by atoms with E-state index >= 15 is 0 Å². The van der Waals surface area contributed by atoms with Crippen molar-refractivity contribution in [3.63, 3.8) is 0 Å². The van der Waals surface area contributed by atoms with Crippen LogP contribution in [0.25, 0.3) is 0 Å². The second kappa shape index (κ2) is 6.22. The summed E-state index contributed by atoms with van der Waals surface area (Å²) in [5, 5.41) is 21.3. The van der Waals surface area contributed by atoms with Gasteiger partial charge in [-0.1, -0.05) is 13.0 Å². The van der Waals surface area contributed by atoms with Crippen LogP contribution in [0.5, 0.6) is 0 Å². The molecule has 4 nitrogen and oxygen atoms in total. The molecule has 0 amide bonds. The van der Waals surface area contributed by atoms with Crippen molar-refractivity contribution in [1.82, 2.24) is 5.32 Å². The highest BCUT2D eigenvalue weighted by molar-refractivity contribution is 5.51. The van der Waals surface area contributed by atoms with E-state index in [2.05, 4.69) is 29.3 Å².